The van der Waals surface area contributed by atoms with Crippen LogP contribution in [0.1, 0.15) is 0 Å². The van der Waals surface area contributed by atoms with Crippen LogP contribution in [0.5, 0.6) is 5.75 Å². The van der Waals surface area contributed by atoms with Crippen molar-refractivity contribution in [1.82, 2.24) is 9.97 Å². The molecule has 2 heterocycles. The molecule has 0 fully saturated rings. The third kappa shape index (κ3) is 3.36. The van der Waals surface area contributed by atoms with E-state index in [2.05, 4.69) is 14.7 Å². The van der Waals surface area contributed by atoms with E-state index >= 15 is 0 Å². The lowest BCUT2D eigenvalue weighted by Gasteiger charge is -2.13. The smallest absolute Gasteiger partial charge is 0.265 e. The molecule has 3 aromatic rings. The molecule has 0 amide bonds. The molecule has 0 saturated carbocycles. The highest BCUT2D eigenvalue weighted by Gasteiger charge is 2.20. The molecule has 0 bridgehead atoms. The summed E-state index contributed by atoms with van der Waals surface area (Å²) in [5.74, 6) is 0.268. The van der Waals surface area contributed by atoms with E-state index in [1.165, 1.54) is 13.3 Å². The van der Waals surface area contributed by atoms with Crippen LogP contribution in [-0.2, 0) is 10.0 Å². The van der Waals surface area contributed by atoms with Crippen molar-refractivity contribution in [1.29, 1.82) is 0 Å². The SMILES string of the molecule is COc1ccc(-c2ccncc2)cc1S(=O)(=O)Nc1cccnc1. The van der Waals surface area contributed by atoms with Gasteiger partial charge < -0.3 is 4.74 Å². The van der Waals surface area contributed by atoms with Gasteiger partial charge in [-0.3, -0.25) is 14.7 Å². The minimum Gasteiger partial charge on any atom is -0.495 e. The minimum absolute atomic E-state index is 0.0585. The normalized spacial score (nSPS) is 11.0. The molecule has 1 aromatic carbocycles. The number of anilines is 1. The van der Waals surface area contributed by atoms with E-state index in [1.54, 1.807) is 48.9 Å². The summed E-state index contributed by atoms with van der Waals surface area (Å²) in [5.41, 5.74) is 2.00. The van der Waals surface area contributed by atoms with Gasteiger partial charge in [0.2, 0.25) is 0 Å². The molecular formula is C17H15N3O3S. The number of hydrogen-bond acceptors (Lipinski definition) is 5. The minimum atomic E-state index is -3.82. The zero-order valence-electron chi connectivity index (χ0n) is 12.9. The molecule has 7 heteroatoms. The lowest BCUT2D eigenvalue weighted by molar-refractivity contribution is 0.403. The van der Waals surface area contributed by atoms with E-state index in [0.717, 1.165) is 11.1 Å². The van der Waals surface area contributed by atoms with Crippen LogP contribution in [0.4, 0.5) is 5.69 Å². The first-order chi connectivity index (χ1) is 11.6. The molecule has 0 atom stereocenters. The summed E-state index contributed by atoms with van der Waals surface area (Å²) in [6.07, 6.45) is 6.32. The third-order valence-corrected chi connectivity index (χ3v) is 4.78. The Balaban J connectivity index is 2.05. The zero-order chi connectivity index (χ0) is 17.0. The Hall–Kier alpha value is -2.93. The van der Waals surface area contributed by atoms with Crippen LogP contribution >= 0.6 is 0 Å². The number of aromatic nitrogens is 2. The maximum Gasteiger partial charge on any atom is 0.265 e. The Kier molecular flexibility index (Phi) is 4.43. The average Bonchev–Trinajstić information content (AvgIpc) is 2.62. The fourth-order valence-corrected chi connectivity index (χ4v) is 3.48. The highest BCUT2D eigenvalue weighted by atomic mass is 32.2. The molecule has 0 aliphatic heterocycles. The van der Waals surface area contributed by atoms with Crippen molar-refractivity contribution < 1.29 is 13.2 Å². The Morgan fingerprint density at radius 2 is 1.75 bits per heavy atom. The lowest BCUT2D eigenvalue weighted by atomic mass is 10.1. The number of sulfonamides is 1. The van der Waals surface area contributed by atoms with E-state index in [0.29, 0.717) is 5.69 Å². The number of pyridine rings is 2. The molecule has 0 aliphatic carbocycles. The van der Waals surface area contributed by atoms with Gasteiger partial charge in [-0.15, -0.1) is 0 Å². The van der Waals surface area contributed by atoms with Gasteiger partial charge in [-0.05, 0) is 47.5 Å². The summed E-state index contributed by atoms with van der Waals surface area (Å²) in [4.78, 5) is 7.93. The maximum atomic E-state index is 12.7. The van der Waals surface area contributed by atoms with Gasteiger partial charge in [-0.2, -0.15) is 0 Å². The predicted octanol–water partition coefficient (Wildman–Crippen LogP) is 2.95. The van der Waals surface area contributed by atoms with Crippen LogP contribution < -0.4 is 9.46 Å². The standard InChI is InChI=1S/C17H15N3O3S/c1-23-16-5-4-14(13-6-9-18-10-7-13)11-17(16)24(21,22)20-15-3-2-8-19-12-15/h2-12,20H,1H3. The van der Waals surface area contributed by atoms with Crippen molar-refractivity contribution in [3.63, 3.8) is 0 Å². The fourth-order valence-electron chi connectivity index (χ4n) is 2.24. The van der Waals surface area contributed by atoms with Crippen LogP contribution in [0, 0.1) is 0 Å². The van der Waals surface area contributed by atoms with Crippen molar-refractivity contribution in [3.8, 4) is 16.9 Å². The molecule has 0 unspecified atom stereocenters. The first kappa shape index (κ1) is 15.9. The first-order valence-corrected chi connectivity index (χ1v) is 8.60. The molecular weight excluding hydrogens is 326 g/mol. The Morgan fingerprint density at radius 3 is 2.42 bits per heavy atom. The number of nitrogens with zero attached hydrogens (tertiary/aromatic N) is 2. The van der Waals surface area contributed by atoms with Gasteiger partial charge in [0.1, 0.15) is 10.6 Å². The number of ether oxygens (including phenoxy) is 1. The number of nitrogens with one attached hydrogen (secondary N) is 1. The summed E-state index contributed by atoms with van der Waals surface area (Å²) in [6.45, 7) is 0. The van der Waals surface area contributed by atoms with Crippen LogP contribution in [-0.4, -0.2) is 25.5 Å². The number of rotatable bonds is 5. The molecule has 2 aromatic heterocycles. The van der Waals surface area contributed by atoms with Gasteiger partial charge in [0.25, 0.3) is 10.0 Å². The molecule has 3 rings (SSSR count). The molecule has 6 nitrogen and oxygen atoms in total. The monoisotopic (exact) mass is 341 g/mol. The van der Waals surface area contributed by atoms with Crippen molar-refractivity contribution in [3.05, 3.63) is 67.3 Å². The van der Waals surface area contributed by atoms with Crippen molar-refractivity contribution >= 4 is 15.7 Å². The van der Waals surface area contributed by atoms with Gasteiger partial charge in [0.05, 0.1) is 19.0 Å². The molecule has 122 valence electrons. The lowest BCUT2D eigenvalue weighted by Crippen LogP contribution is -2.14. The number of benzene rings is 1. The summed E-state index contributed by atoms with van der Waals surface area (Å²) in [5, 5.41) is 0. The maximum absolute atomic E-state index is 12.7. The third-order valence-electron chi connectivity index (χ3n) is 3.38. The Bertz CT molecular complexity index is 930. The van der Waals surface area contributed by atoms with Crippen LogP contribution in [0.25, 0.3) is 11.1 Å². The number of hydrogen-bond donors (Lipinski definition) is 1. The summed E-state index contributed by atoms with van der Waals surface area (Å²) < 4.78 is 33.2. The summed E-state index contributed by atoms with van der Waals surface area (Å²) in [6, 6.07) is 11.9. The fraction of sp³-hybridized carbons (Fsp3) is 0.0588. The van der Waals surface area contributed by atoms with Crippen molar-refractivity contribution in [2.75, 3.05) is 11.8 Å². The van der Waals surface area contributed by atoms with Crippen molar-refractivity contribution in [2.24, 2.45) is 0 Å². The Morgan fingerprint density at radius 1 is 0.958 bits per heavy atom. The highest BCUT2D eigenvalue weighted by Crippen LogP contribution is 2.30. The van der Waals surface area contributed by atoms with E-state index < -0.39 is 10.0 Å². The van der Waals surface area contributed by atoms with Crippen molar-refractivity contribution in [2.45, 2.75) is 4.90 Å². The molecule has 0 aliphatic rings. The highest BCUT2D eigenvalue weighted by molar-refractivity contribution is 7.92. The summed E-state index contributed by atoms with van der Waals surface area (Å²) >= 11 is 0. The largest absolute Gasteiger partial charge is 0.495 e. The van der Waals surface area contributed by atoms with Crippen LogP contribution in [0.15, 0.2) is 72.1 Å². The Labute approximate surface area is 140 Å². The molecule has 0 spiro atoms. The van der Waals surface area contributed by atoms with E-state index in [4.69, 9.17) is 4.74 Å². The number of methoxy groups -OCH3 is 1. The first-order valence-electron chi connectivity index (χ1n) is 7.11. The molecule has 0 radical (unpaired) electrons. The second-order valence-electron chi connectivity index (χ2n) is 4.95. The summed E-state index contributed by atoms with van der Waals surface area (Å²) in [7, 11) is -2.38. The van der Waals surface area contributed by atoms with E-state index in [9.17, 15) is 8.42 Å². The second-order valence-corrected chi connectivity index (χ2v) is 6.60. The van der Waals surface area contributed by atoms with Gasteiger partial charge >= 0.3 is 0 Å². The van der Waals surface area contributed by atoms with Crippen LogP contribution in [0.2, 0.25) is 0 Å². The molecule has 24 heavy (non-hydrogen) atoms. The predicted molar refractivity (Wildman–Crippen MR) is 91.3 cm³/mol. The average molecular weight is 341 g/mol. The van der Waals surface area contributed by atoms with Gasteiger partial charge in [-0.25, -0.2) is 8.42 Å². The quantitative estimate of drug-likeness (QED) is 0.771. The zero-order valence-corrected chi connectivity index (χ0v) is 13.7. The van der Waals surface area contributed by atoms with E-state index in [-0.39, 0.29) is 10.6 Å². The second kappa shape index (κ2) is 6.67. The van der Waals surface area contributed by atoms with Crippen LogP contribution in [0.3, 0.4) is 0 Å². The van der Waals surface area contributed by atoms with E-state index in [1.807, 2.05) is 12.1 Å². The van der Waals surface area contributed by atoms with Gasteiger partial charge in [-0.1, -0.05) is 6.07 Å². The molecule has 1 N–H and O–H groups in total. The van der Waals surface area contributed by atoms with Gasteiger partial charge in [0, 0.05) is 18.6 Å². The van der Waals surface area contributed by atoms with Gasteiger partial charge in [0.15, 0.2) is 0 Å². The molecule has 0 saturated heterocycles. The topological polar surface area (TPSA) is 81.2 Å².